The number of amides is 5. The molecule has 3 aromatic rings. The van der Waals surface area contributed by atoms with Crippen LogP contribution in [0.3, 0.4) is 0 Å². The molecule has 4 rings (SSSR count). The molecule has 5 amide bonds. The van der Waals surface area contributed by atoms with E-state index in [1.54, 1.807) is 42.0 Å². The fourth-order valence-corrected chi connectivity index (χ4v) is 4.85. The summed E-state index contributed by atoms with van der Waals surface area (Å²) in [6.07, 6.45) is -0.457. The molecule has 41 heavy (non-hydrogen) atoms. The fraction of sp³-hybridized carbons (Fsp3) is 0.387. The summed E-state index contributed by atoms with van der Waals surface area (Å²) in [4.78, 5) is 42.3. The number of aliphatic hydroxyl groups excluding tert-OH is 1. The van der Waals surface area contributed by atoms with Gasteiger partial charge in [0.25, 0.3) is 5.91 Å². The Hall–Kier alpha value is -4.31. The Kier molecular flexibility index (Phi) is 9.34. The monoisotopic (exact) mass is 561 g/mol. The highest BCUT2D eigenvalue weighted by atomic mass is 16.5. The van der Waals surface area contributed by atoms with Gasteiger partial charge in [-0.25, -0.2) is 9.59 Å². The first kappa shape index (κ1) is 29.7. The van der Waals surface area contributed by atoms with E-state index in [0.29, 0.717) is 23.7 Å². The van der Waals surface area contributed by atoms with E-state index in [-0.39, 0.29) is 48.6 Å². The second-order valence-electron chi connectivity index (χ2n) is 10.9. The maximum absolute atomic E-state index is 13.6. The van der Waals surface area contributed by atoms with E-state index >= 15 is 0 Å². The molecule has 0 unspecified atom stereocenters. The molecule has 3 atom stereocenters. The lowest BCUT2D eigenvalue weighted by Gasteiger charge is -2.38. The summed E-state index contributed by atoms with van der Waals surface area (Å²) in [6.45, 7) is 7.81. The number of urea groups is 2. The predicted octanol–water partition coefficient (Wildman–Crippen LogP) is 4.75. The Bertz CT molecular complexity index is 1410. The van der Waals surface area contributed by atoms with Gasteiger partial charge in [0.2, 0.25) is 0 Å². The lowest BCUT2D eigenvalue weighted by atomic mass is 9.99. The molecular formula is C31H39N5O5. The van der Waals surface area contributed by atoms with Gasteiger partial charge in [-0.15, -0.1) is 0 Å². The van der Waals surface area contributed by atoms with Crippen molar-refractivity contribution in [3.8, 4) is 5.75 Å². The molecule has 4 N–H and O–H groups in total. The normalized spacial score (nSPS) is 17.6. The number of ether oxygens (including phenoxy) is 1. The first-order valence-corrected chi connectivity index (χ1v) is 13.9. The average molecular weight is 562 g/mol. The highest BCUT2D eigenvalue weighted by Crippen LogP contribution is 2.31. The van der Waals surface area contributed by atoms with E-state index in [0.717, 1.165) is 10.8 Å². The number of hydrogen-bond donors (Lipinski definition) is 4. The molecule has 218 valence electrons. The third kappa shape index (κ3) is 7.07. The Labute approximate surface area is 240 Å². The van der Waals surface area contributed by atoms with E-state index in [2.05, 4.69) is 16.0 Å². The third-order valence-corrected chi connectivity index (χ3v) is 7.17. The van der Waals surface area contributed by atoms with E-state index in [1.807, 2.05) is 63.2 Å². The average Bonchev–Trinajstić information content (AvgIpc) is 2.94. The van der Waals surface area contributed by atoms with Crippen molar-refractivity contribution < 1.29 is 24.2 Å². The van der Waals surface area contributed by atoms with Crippen LogP contribution in [-0.2, 0) is 0 Å². The predicted molar refractivity (Wildman–Crippen MR) is 160 cm³/mol. The van der Waals surface area contributed by atoms with Crippen LogP contribution < -0.4 is 20.7 Å². The molecule has 10 nitrogen and oxygen atoms in total. The van der Waals surface area contributed by atoms with Crippen molar-refractivity contribution in [2.24, 2.45) is 5.92 Å². The van der Waals surface area contributed by atoms with Crippen molar-refractivity contribution in [2.45, 2.75) is 45.9 Å². The van der Waals surface area contributed by atoms with Crippen LogP contribution in [0.4, 0.5) is 21.0 Å². The molecule has 0 saturated heterocycles. The smallest absolute Gasteiger partial charge is 0.321 e. The van der Waals surface area contributed by atoms with Gasteiger partial charge in [-0.2, -0.15) is 0 Å². The van der Waals surface area contributed by atoms with E-state index in [1.165, 1.54) is 0 Å². The summed E-state index contributed by atoms with van der Waals surface area (Å²) in [5.74, 6) is -0.121. The summed E-state index contributed by atoms with van der Waals surface area (Å²) >= 11 is 0. The largest absolute Gasteiger partial charge is 0.487 e. The van der Waals surface area contributed by atoms with Crippen molar-refractivity contribution in [1.82, 2.24) is 15.1 Å². The lowest BCUT2D eigenvalue weighted by molar-refractivity contribution is 0.0371. The van der Waals surface area contributed by atoms with Crippen molar-refractivity contribution in [2.75, 3.05) is 37.4 Å². The lowest BCUT2D eigenvalue weighted by Crippen LogP contribution is -2.50. The number of likely N-dealkylation sites (N-methyl/N-ethyl adjacent to an activating group) is 1. The van der Waals surface area contributed by atoms with Crippen molar-refractivity contribution in [1.29, 1.82) is 0 Å². The van der Waals surface area contributed by atoms with E-state index < -0.39 is 12.1 Å². The molecule has 0 aromatic heterocycles. The number of hydrogen-bond acceptors (Lipinski definition) is 5. The second kappa shape index (κ2) is 12.9. The van der Waals surface area contributed by atoms with Gasteiger partial charge in [0, 0.05) is 36.6 Å². The minimum atomic E-state index is -0.457. The number of benzene rings is 3. The second-order valence-corrected chi connectivity index (χ2v) is 10.9. The van der Waals surface area contributed by atoms with Gasteiger partial charge in [0.05, 0.1) is 30.4 Å². The zero-order valence-corrected chi connectivity index (χ0v) is 24.2. The van der Waals surface area contributed by atoms with Crippen LogP contribution in [0.1, 0.15) is 38.1 Å². The quantitative estimate of drug-likeness (QED) is 0.331. The summed E-state index contributed by atoms with van der Waals surface area (Å²) < 4.78 is 6.39. The molecular weight excluding hydrogens is 522 g/mol. The number of carbonyl (C=O) groups is 3. The number of fused-ring (bicyclic) bond motifs is 2. The van der Waals surface area contributed by atoms with Gasteiger partial charge in [0.1, 0.15) is 11.9 Å². The Morgan fingerprint density at radius 1 is 1.07 bits per heavy atom. The maximum Gasteiger partial charge on any atom is 0.321 e. The highest BCUT2D eigenvalue weighted by molar-refractivity contribution is 6.02. The minimum absolute atomic E-state index is 0.0535. The SMILES string of the molecule is CC(C)NC(=O)Nc1ccc2c(c1)C(=O)N([C@H](C)CO)C[C@H](C)[C@@H](CN(C)C(=O)Nc1cccc3ccccc13)O2. The molecule has 0 spiro atoms. The maximum atomic E-state index is 13.6. The zero-order chi connectivity index (χ0) is 29.7. The molecule has 1 aliphatic rings. The number of aliphatic hydroxyl groups is 1. The minimum Gasteiger partial charge on any atom is -0.487 e. The third-order valence-electron chi connectivity index (χ3n) is 7.17. The molecule has 0 fully saturated rings. The number of anilines is 2. The van der Waals surface area contributed by atoms with Gasteiger partial charge >= 0.3 is 12.1 Å². The molecule has 3 aromatic carbocycles. The van der Waals surface area contributed by atoms with Crippen LogP contribution in [0.5, 0.6) is 5.75 Å². The van der Waals surface area contributed by atoms with Crippen molar-refractivity contribution >= 4 is 40.1 Å². The van der Waals surface area contributed by atoms with Crippen molar-refractivity contribution in [3.63, 3.8) is 0 Å². The van der Waals surface area contributed by atoms with Gasteiger partial charge < -0.3 is 35.6 Å². The van der Waals surface area contributed by atoms with Gasteiger partial charge in [-0.1, -0.05) is 43.3 Å². The number of nitrogens with one attached hydrogen (secondary N) is 3. The molecule has 0 aliphatic carbocycles. The van der Waals surface area contributed by atoms with Gasteiger partial charge in [0.15, 0.2) is 0 Å². The van der Waals surface area contributed by atoms with Crippen molar-refractivity contribution in [3.05, 3.63) is 66.2 Å². The fourth-order valence-electron chi connectivity index (χ4n) is 4.85. The van der Waals surface area contributed by atoms with Crippen LogP contribution in [0, 0.1) is 5.92 Å². The first-order chi connectivity index (χ1) is 19.6. The van der Waals surface area contributed by atoms with Gasteiger partial charge in [-0.05, 0) is 50.4 Å². The summed E-state index contributed by atoms with van der Waals surface area (Å²) in [5.41, 5.74) is 1.42. The molecule has 0 radical (unpaired) electrons. The number of carbonyl (C=O) groups excluding carboxylic acids is 3. The van der Waals surface area contributed by atoms with Crippen LogP contribution in [-0.4, -0.2) is 77.8 Å². The van der Waals surface area contributed by atoms with E-state index in [9.17, 15) is 19.5 Å². The number of nitrogens with zero attached hydrogens (tertiary/aromatic N) is 2. The molecule has 10 heteroatoms. The number of rotatable bonds is 7. The Morgan fingerprint density at radius 2 is 1.80 bits per heavy atom. The first-order valence-electron chi connectivity index (χ1n) is 13.9. The van der Waals surface area contributed by atoms with Crippen LogP contribution in [0.2, 0.25) is 0 Å². The molecule has 1 heterocycles. The van der Waals surface area contributed by atoms with Crippen LogP contribution >= 0.6 is 0 Å². The summed E-state index contributed by atoms with van der Waals surface area (Å²) in [5, 5.41) is 20.4. The van der Waals surface area contributed by atoms with Crippen LogP contribution in [0.15, 0.2) is 60.7 Å². The standard InChI is InChI=1S/C31H39N5O5/c1-19(2)32-30(39)33-23-13-14-27-25(15-23)29(38)36(21(4)18-37)16-20(3)28(41-27)17-35(5)31(40)34-26-12-8-10-22-9-6-7-11-24(22)26/h6-15,19-21,28,37H,16-18H2,1-5H3,(H,34,40)(H2,32,33,39)/t20-,21+,28+/m0/s1. The Morgan fingerprint density at radius 3 is 2.54 bits per heavy atom. The molecule has 0 bridgehead atoms. The highest BCUT2D eigenvalue weighted by Gasteiger charge is 2.34. The van der Waals surface area contributed by atoms with Crippen LogP contribution in [0.25, 0.3) is 10.8 Å². The summed E-state index contributed by atoms with van der Waals surface area (Å²) in [7, 11) is 1.70. The van der Waals surface area contributed by atoms with Gasteiger partial charge in [-0.3, -0.25) is 4.79 Å². The topological polar surface area (TPSA) is 123 Å². The zero-order valence-electron chi connectivity index (χ0n) is 24.2. The molecule has 1 aliphatic heterocycles. The van der Waals surface area contributed by atoms with E-state index in [4.69, 9.17) is 4.74 Å². The summed E-state index contributed by atoms with van der Waals surface area (Å²) in [6, 6.07) is 17.4. The Balaban J connectivity index is 1.57. The molecule has 0 saturated carbocycles.